The highest BCUT2D eigenvalue weighted by Crippen LogP contribution is 2.26. The minimum atomic E-state index is -3.60. The second-order valence-electron chi connectivity index (χ2n) is 9.53. The molecule has 0 spiro atoms. The minimum Gasteiger partial charge on any atom is -0.325 e. The van der Waals surface area contributed by atoms with Crippen molar-refractivity contribution >= 4 is 21.6 Å². The number of amides is 1. The average Bonchev–Trinajstić information content (AvgIpc) is 2.96. The smallest absolute Gasteiger partial charge is 0.243 e. The van der Waals surface area contributed by atoms with Gasteiger partial charge in [0.1, 0.15) is 0 Å². The Morgan fingerprint density at radius 2 is 1.84 bits per heavy atom. The average molecular weight is 449 g/mol. The lowest BCUT2D eigenvalue weighted by Gasteiger charge is -2.28. The molecule has 172 valence electrons. The van der Waals surface area contributed by atoms with E-state index in [0.29, 0.717) is 43.9 Å². The van der Waals surface area contributed by atoms with Crippen LogP contribution in [0.25, 0.3) is 0 Å². The largest absolute Gasteiger partial charge is 0.325 e. The van der Waals surface area contributed by atoms with Crippen LogP contribution in [-0.4, -0.2) is 56.3 Å². The number of hydrogen-bond donors (Lipinski definition) is 1. The second kappa shape index (κ2) is 11.1. The van der Waals surface area contributed by atoms with Crippen LogP contribution in [0.15, 0.2) is 23.1 Å². The predicted octanol–water partition coefficient (Wildman–Crippen LogP) is 3.76. The van der Waals surface area contributed by atoms with Gasteiger partial charge in [0, 0.05) is 38.3 Å². The number of sulfonamides is 1. The highest BCUT2D eigenvalue weighted by molar-refractivity contribution is 7.89. The van der Waals surface area contributed by atoms with Crippen molar-refractivity contribution in [2.24, 2.45) is 5.41 Å². The van der Waals surface area contributed by atoms with Crippen molar-refractivity contribution in [3.05, 3.63) is 23.8 Å². The summed E-state index contributed by atoms with van der Waals surface area (Å²) < 4.78 is 28.0. The number of nitrogens with zero attached hydrogens (tertiary/aromatic N) is 3. The molecule has 8 heteroatoms. The Kier molecular flexibility index (Phi) is 9.04. The molecule has 0 bridgehead atoms. The quantitative estimate of drug-likeness (QED) is 0.653. The topological polar surface area (TPSA) is 93.5 Å². The first-order valence-corrected chi connectivity index (χ1v) is 12.5. The van der Waals surface area contributed by atoms with Crippen molar-refractivity contribution in [2.45, 2.75) is 64.7 Å². The number of carbonyl (C=O) groups is 1. The normalized spacial score (nSPS) is 16.0. The third kappa shape index (κ3) is 7.91. The molecule has 0 radical (unpaired) electrons. The minimum absolute atomic E-state index is 0.00595. The highest BCUT2D eigenvalue weighted by atomic mass is 32.2. The van der Waals surface area contributed by atoms with Gasteiger partial charge in [-0.1, -0.05) is 39.7 Å². The number of hydrogen-bond acceptors (Lipinski definition) is 5. The van der Waals surface area contributed by atoms with Gasteiger partial charge in [0.25, 0.3) is 0 Å². The van der Waals surface area contributed by atoms with E-state index in [1.807, 2.05) is 4.90 Å². The summed E-state index contributed by atoms with van der Waals surface area (Å²) in [7, 11) is -3.60. The van der Waals surface area contributed by atoms with Gasteiger partial charge in [-0.15, -0.1) is 0 Å². The summed E-state index contributed by atoms with van der Waals surface area (Å²) in [6.07, 6.45) is 4.21. The lowest BCUT2D eigenvalue weighted by Crippen LogP contribution is -2.39. The van der Waals surface area contributed by atoms with Crippen LogP contribution in [0.4, 0.5) is 5.69 Å². The van der Waals surface area contributed by atoms with E-state index in [4.69, 9.17) is 5.26 Å². The van der Waals surface area contributed by atoms with E-state index in [2.05, 4.69) is 32.2 Å². The molecule has 1 saturated heterocycles. The van der Waals surface area contributed by atoms with Crippen LogP contribution in [0.1, 0.15) is 58.4 Å². The molecule has 0 unspecified atom stereocenters. The zero-order chi connectivity index (χ0) is 23.1. The summed E-state index contributed by atoms with van der Waals surface area (Å²) in [5.41, 5.74) is 1.14. The van der Waals surface area contributed by atoms with Crippen LogP contribution in [0, 0.1) is 23.7 Å². The van der Waals surface area contributed by atoms with Crippen molar-refractivity contribution < 1.29 is 13.2 Å². The van der Waals surface area contributed by atoms with Gasteiger partial charge in [-0.05, 0) is 42.9 Å². The maximum absolute atomic E-state index is 13.2. The zero-order valence-corrected chi connectivity index (χ0v) is 20.1. The van der Waals surface area contributed by atoms with E-state index in [9.17, 15) is 13.2 Å². The Morgan fingerprint density at radius 3 is 2.42 bits per heavy atom. The van der Waals surface area contributed by atoms with Gasteiger partial charge in [0.15, 0.2) is 0 Å². The van der Waals surface area contributed by atoms with Crippen molar-refractivity contribution in [3.63, 3.8) is 0 Å². The Morgan fingerprint density at radius 1 is 1.19 bits per heavy atom. The lowest BCUT2D eigenvalue weighted by molar-refractivity contribution is -0.117. The Balaban J connectivity index is 2.15. The van der Waals surface area contributed by atoms with Gasteiger partial charge in [-0.3, -0.25) is 9.69 Å². The van der Waals surface area contributed by atoms with Crippen LogP contribution in [0.3, 0.4) is 0 Å². The van der Waals surface area contributed by atoms with Crippen molar-refractivity contribution in [1.29, 1.82) is 5.26 Å². The third-order valence-electron chi connectivity index (χ3n) is 5.26. The SMILES string of the molecule is Cc1ccc(NC(=O)CN(CCC#N)CC(C)(C)C)cc1S(=O)(=O)N1CCCCCC1. The molecule has 1 heterocycles. The molecule has 1 amide bonds. The molecule has 1 aliphatic heterocycles. The standard InChI is InChI=1S/C23H36N4O3S/c1-19-10-11-20(16-21(19)31(29,30)27-14-7-5-6-8-15-27)25-22(28)17-26(13-9-12-24)18-23(2,3)4/h10-11,16H,5-9,13-15,17-18H2,1-4H3,(H,25,28). The molecule has 1 fully saturated rings. The summed E-state index contributed by atoms with van der Waals surface area (Å²) in [4.78, 5) is 14.9. The number of aryl methyl sites for hydroxylation is 1. The number of nitriles is 1. The summed E-state index contributed by atoms with van der Waals surface area (Å²) >= 11 is 0. The maximum atomic E-state index is 13.2. The maximum Gasteiger partial charge on any atom is 0.243 e. The molecule has 31 heavy (non-hydrogen) atoms. The van der Waals surface area contributed by atoms with E-state index >= 15 is 0 Å². The molecule has 1 N–H and O–H groups in total. The molecule has 7 nitrogen and oxygen atoms in total. The fourth-order valence-electron chi connectivity index (χ4n) is 3.87. The van der Waals surface area contributed by atoms with E-state index in [-0.39, 0.29) is 22.8 Å². The van der Waals surface area contributed by atoms with Gasteiger partial charge in [-0.2, -0.15) is 9.57 Å². The second-order valence-corrected chi connectivity index (χ2v) is 11.4. The molecular formula is C23H36N4O3S. The molecule has 0 aromatic heterocycles. The first-order chi connectivity index (χ1) is 14.5. The van der Waals surface area contributed by atoms with E-state index in [1.165, 1.54) is 0 Å². The molecule has 0 saturated carbocycles. The molecule has 1 aliphatic rings. The molecule has 0 atom stereocenters. The van der Waals surface area contributed by atoms with Gasteiger partial charge in [0.05, 0.1) is 17.5 Å². The van der Waals surface area contributed by atoms with Crippen LogP contribution >= 0.6 is 0 Å². The highest BCUT2D eigenvalue weighted by Gasteiger charge is 2.27. The number of carbonyl (C=O) groups excluding carboxylic acids is 1. The molecule has 0 aliphatic carbocycles. The molecular weight excluding hydrogens is 412 g/mol. The van der Waals surface area contributed by atoms with Gasteiger partial charge in [0.2, 0.25) is 15.9 Å². The number of anilines is 1. The fraction of sp³-hybridized carbons (Fsp3) is 0.652. The van der Waals surface area contributed by atoms with Crippen LogP contribution in [-0.2, 0) is 14.8 Å². The lowest BCUT2D eigenvalue weighted by atomic mass is 9.96. The molecule has 2 rings (SSSR count). The molecule has 1 aromatic carbocycles. The summed E-state index contributed by atoms with van der Waals surface area (Å²) in [6.45, 7) is 10.5. The first-order valence-electron chi connectivity index (χ1n) is 11.0. The Bertz CT molecular complexity index is 892. The van der Waals surface area contributed by atoms with E-state index in [1.54, 1.807) is 29.4 Å². The Labute approximate surface area is 187 Å². The first kappa shape index (κ1) is 25.3. The van der Waals surface area contributed by atoms with Crippen LogP contribution in [0.2, 0.25) is 0 Å². The van der Waals surface area contributed by atoms with Gasteiger partial charge < -0.3 is 5.32 Å². The predicted molar refractivity (Wildman–Crippen MR) is 123 cm³/mol. The summed E-state index contributed by atoms with van der Waals surface area (Å²) in [5, 5.41) is 11.7. The monoisotopic (exact) mass is 448 g/mol. The van der Waals surface area contributed by atoms with Crippen molar-refractivity contribution in [3.8, 4) is 6.07 Å². The van der Waals surface area contributed by atoms with Gasteiger partial charge in [-0.25, -0.2) is 8.42 Å². The van der Waals surface area contributed by atoms with Crippen molar-refractivity contribution in [2.75, 3.05) is 38.0 Å². The van der Waals surface area contributed by atoms with Crippen LogP contribution < -0.4 is 5.32 Å². The third-order valence-corrected chi connectivity index (χ3v) is 7.30. The summed E-state index contributed by atoms with van der Waals surface area (Å²) in [5.74, 6) is -0.218. The zero-order valence-electron chi connectivity index (χ0n) is 19.3. The number of nitrogens with one attached hydrogen (secondary N) is 1. The number of rotatable bonds is 8. The van der Waals surface area contributed by atoms with E-state index in [0.717, 1.165) is 25.7 Å². The number of benzene rings is 1. The van der Waals surface area contributed by atoms with Crippen molar-refractivity contribution in [1.82, 2.24) is 9.21 Å². The van der Waals surface area contributed by atoms with Crippen LogP contribution in [0.5, 0.6) is 0 Å². The summed E-state index contributed by atoms with van der Waals surface area (Å²) in [6, 6.07) is 7.17. The van der Waals surface area contributed by atoms with Gasteiger partial charge >= 0.3 is 0 Å². The van der Waals surface area contributed by atoms with E-state index < -0.39 is 10.0 Å². The Hall–Kier alpha value is -1.95. The fourth-order valence-corrected chi connectivity index (χ4v) is 5.64. The molecule has 1 aromatic rings.